The average Bonchev–Trinajstić information content (AvgIpc) is 2.06. The number of hydrogen-bond acceptors (Lipinski definition) is 2. The number of ether oxygens (including phenoxy) is 1. The zero-order valence-electron chi connectivity index (χ0n) is 6.60. The van der Waals surface area contributed by atoms with Crippen molar-refractivity contribution in [1.82, 2.24) is 0 Å². The molecule has 1 aromatic carbocycles. The topological polar surface area (TPSA) is 33.0 Å². The summed E-state index contributed by atoms with van der Waals surface area (Å²) >= 11 is 0. The summed E-state index contributed by atoms with van der Waals surface area (Å²) in [6.07, 6.45) is -4.89. The summed E-state index contributed by atoms with van der Waals surface area (Å²) in [5, 5.41) is 8.38. The van der Waals surface area contributed by atoms with Crippen molar-refractivity contribution in [1.29, 1.82) is 5.26 Å². The smallest absolute Gasteiger partial charge is 0.404 e. The van der Waals surface area contributed by atoms with Gasteiger partial charge in [0, 0.05) is 0 Å². The molecule has 0 aromatic heterocycles. The van der Waals surface area contributed by atoms with Crippen LogP contribution in [0.2, 0.25) is 0 Å². The zero-order valence-corrected chi connectivity index (χ0v) is 6.60. The van der Waals surface area contributed by atoms with Gasteiger partial charge in [0.25, 0.3) is 0 Å². The molecule has 0 saturated heterocycles. The van der Waals surface area contributed by atoms with Crippen LogP contribution in [-0.2, 0) is 0 Å². The van der Waals surface area contributed by atoms with Crippen LogP contribution < -0.4 is 4.74 Å². The molecule has 0 unspecified atom stereocenters. The van der Waals surface area contributed by atoms with Gasteiger partial charge in [-0.05, 0) is 18.2 Å². The van der Waals surface area contributed by atoms with Crippen molar-refractivity contribution in [2.45, 2.75) is 6.36 Å². The van der Waals surface area contributed by atoms with Gasteiger partial charge in [-0.15, -0.1) is 13.2 Å². The molecule has 1 rings (SSSR count). The summed E-state index contributed by atoms with van der Waals surface area (Å²) in [5.41, 5.74) is -0.498. The number of alkyl halides is 3. The highest BCUT2D eigenvalue weighted by Gasteiger charge is 2.32. The van der Waals surface area contributed by atoms with Crippen molar-refractivity contribution in [2.75, 3.05) is 0 Å². The number of nitriles is 1. The maximum Gasteiger partial charge on any atom is 0.573 e. The molecule has 0 fully saturated rings. The molecule has 0 saturated carbocycles. The first kappa shape index (κ1) is 10.3. The standard InChI is InChI=1S/C8H3F4NO/c9-6-1-2-7(5(3-6)4-13)14-8(10,11)12/h1-3H. The summed E-state index contributed by atoms with van der Waals surface area (Å²) in [7, 11) is 0. The molecule has 2 nitrogen and oxygen atoms in total. The minimum absolute atomic E-state index is 0.498. The fourth-order valence-electron chi connectivity index (χ4n) is 0.803. The summed E-state index contributed by atoms with van der Waals surface area (Å²) in [6, 6.07) is 3.59. The van der Waals surface area contributed by atoms with Gasteiger partial charge >= 0.3 is 6.36 Å². The molecule has 0 spiro atoms. The Morgan fingerprint density at radius 3 is 2.43 bits per heavy atom. The third kappa shape index (κ3) is 2.62. The molecule has 0 aliphatic heterocycles. The lowest BCUT2D eigenvalue weighted by molar-refractivity contribution is -0.274. The lowest BCUT2D eigenvalue weighted by Crippen LogP contribution is -2.17. The Labute approximate surface area is 76.3 Å². The van der Waals surface area contributed by atoms with Crippen LogP contribution >= 0.6 is 0 Å². The van der Waals surface area contributed by atoms with Crippen molar-refractivity contribution in [3.8, 4) is 11.8 Å². The Bertz CT molecular complexity index is 380. The van der Waals surface area contributed by atoms with Gasteiger partial charge in [-0.1, -0.05) is 0 Å². The molecule has 1 aromatic rings. The van der Waals surface area contributed by atoms with Crippen molar-refractivity contribution in [2.24, 2.45) is 0 Å². The first-order valence-corrected chi connectivity index (χ1v) is 3.38. The molecule has 0 atom stereocenters. The molecule has 0 aliphatic rings. The highest BCUT2D eigenvalue weighted by molar-refractivity contribution is 5.43. The Balaban J connectivity index is 3.05. The zero-order chi connectivity index (χ0) is 10.8. The molecule has 74 valence electrons. The summed E-state index contributed by atoms with van der Waals surface area (Å²) in [4.78, 5) is 0. The number of benzene rings is 1. The van der Waals surface area contributed by atoms with Crippen molar-refractivity contribution >= 4 is 0 Å². The van der Waals surface area contributed by atoms with Gasteiger partial charge in [-0.3, -0.25) is 0 Å². The quantitative estimate of drug-likeness (QED) is 0.660. The first-order valence-electron chi connectivity index (χ1n) is 3.38. The van der Waals surface area contributed by atoms with Gasteiger partial charge in [0.1, 0.15) is 17.6 Å². The number of rotatable bonds is 1. The maximum absolute atomic E-state index is 12.5. The summed E-state index contributed by atoms with van der Waals surface area (Å²) < 4.78 is 51.2. The summed E-state index contributed by atoms with van der Waals surface area (Å²) in [5.74, 6) is -1.50. The van der Waals surface area contributed by atoms with E-state index in [-0.39, 0.29) is 0 Å². The van der Waals surface area contributed by atoms with E-state index in [2.05, 4.69) is 4.74 Å². The van der Waals surface area contributed by atoms with Crippen LogP contribution in [0.3, 0.4) is 0 Å². The first-order chi connectivity index (χ1) is 6.42. The predicted molar refractivity (Wildman–Crippen MR) is 37.8 cm³/mol. The van der Waals surface area contributed by atoms with Gasteiger partial charge in [0.15, 0.2) is 0 Å². The van der Waals surface area contributed by atoms with E-state index in [1.54, 1.807) is 0 Å². The Kier molecular flexibility index (Phi) is 2.60. The largest absolute Gasteiger partial charge is 0.573 e. The van der Waals surface area contributed by atoms with Crippen LogP contribution in [0.5, 0.6) is 5.75 Å². The van der Waals surface area contributed by atoms with E-state index >= 15 is 0 Å². The van der Waals surface area contributed by atoms with E-state index in [1.165, 1.54) is 6.07 Å². The predicted octanol–water partition coefficient (Wildman–Crippen LogP) is 2.60. The molecule has 6 heteroatoms. The van der Waals surface area contributed by atoms with Crippen molar-refractivity contribution < 1.29 is 22.3 Å². The Hall–Kier alpha value is -1.77. The minimum atomic E-state index is -4.89. The second-order valence-corrected chi connectivity index (χ2v) is 2.30. The number of halogens is 4. The third-order valence-corrected chi connectivity index (χ3v) is 1.29. The molecule has 0 radical (unpaired) electrons. The Morgan fingerprint density at radius 1 is 1.29 bits per heavy atom. The highest BCUT2D eigenvalue weighted by Crippen LogP contribution is 2.26. The van der Waals surface area contributed by atoms with Crippen LogP contribution in [0, 0.1) is 17.1 Å². The lowest BCUT2D eigenvalue weighted by atomic mass is 10.2. The molecule has 14 heavy (non-hydrogen) atoms. The monoisotopic (exact) mass is 205 g/mol. The molecule has 0 aliphatic carbocycles. The summed E-state index contributed by atoms with van der Waals surface area (Å²) in [6.45, 7) is 0. The van der Waals surface area contributed by atoms with Crippen molar-refractivity contribution in [3.05, 3.63) is 29.6 Å². The van der Waals surface area contributed by atoms with Gasteiger partial charge in [0.2, 0.25) is 0 Å². The van der Waals surface area contributed by atoms with Crippen LogP contribution in [0.1, 0.15) is 5.56 Å². The van der Waals surface area contributed by atoms with Crippen LogP contribution in [0.4, 0.5) is 17.6 Å². The molecular formula is C8H3F4NO. The van der Waals surface area contributed by atoms with Crippen molar-refractivity contribution in [3.63, 3.8) is 0 Å². The van der Waals surface area contributed by atoms with Crippen LogP contribution in [-0.4, -0.2) is 6.36 Å². The van der Waals surface area contributed by atoms with Gasteiger partial charge in [-0.25, -0.2) is 4.39 Å². The second kappa shape index (κ2) is 3.54. The highest BCUT2D eigenvalue weighted by atomic mass is 19.4. The van der Waals surface area contributed by atoms with Gasteiger partial charge in [-0.2, -0.15) is 5.26 Å². The second-order valence-electron chi connectivity index (χ2n) is 2.30. The number of hydrogen-bond donors (Lipinski definition) is 0. The van der Waals surface area contributed by atoms with E-state index in [0.29, 0.717) is 6.07 Å². The van der Waals surface area contributed by atoms with E-state index < -0.39 is 23.5 Å². The third-order valence-electron chi connectivity index (χ3n) is 1.29. The molecule has 0 bridgehead atoms. The van der Waals surface area contributed by atoms with Gasteiger partial charge in [0.05, 0.1) is 5.56 Å². The fourth-order valence-corrected chi connectivity index (χ4v) is 0.803. The number of nitrogens with zero attached hydrogens (tertiary/aromatic N) is 1. The SMILES string of the molecule is N#Cc1cc(F)ccc1OC(F)(F)F. The molecule has 0 amide bonds. The minimum Gasteiger partial charge on any atom is -0.404 e. The maximum atomic E-state index is 12.5. The van der Waals surface area contributed by atoms with Crippen LogP contribution in [0.15, 0.2) is 18.2 Å². The lowest BCUT2D eigenvalue weighted by Gasteiger charge is -2.09. The van der Waals surface area contributed by atoms with E-state index in [4.69, 9.17) is 5.26 Å². The normalized spacial score (nSPS) is 10.8. The van der Waals surface area contributed by atoms with E-state index in [0.717, 1.165) is 12.1 Å². The van der Waals surface area contributed by atoms with Gasteiger partial charge < -0.3 is 4.74 Å². The fraction of sp³-hybridized carbons (Fsp3) is 0.125. The van der Waals surface area contributed by atoms with E-state index in [1.807, 2.05) is 0 Å². The van der Waals surface area contributed by atoms with Crippen LogP contribution in [0.25, 0.3) is 0 Å². The molecule has 0 N–H and O–H groups in total. The van der Waals surface area contributed by atoms with E-state index in [9.17, 15) is 17.6 Å². The molecule has 0 heterocycles. The molecular weight excluding hydrogens is 202 g/mol. The Morgan fingerprint density at radius 2 is 1.93 bits per heavy atom. The average molecular weight is 205 g/mol.